The molecule has 0 aliphatic heterocycles. The SMILES string of the molecule is COc1ncccc1CNCc1cccc(C(N)=O)c1. The lowest BCUT2D eigenvalue weighted by Crippen LogP contribution is -2.15. The van der Waals surface area contributed by atoms with E-state index in [1.807, 2.05) is 24.3 Å². The molecule has 0 unspecified atom stereocenters. The van der Waals surface area contributed by atoms with E-state index in [9.17, 15) is 4.79 Å². The number of nitrogens with two attached hydrogens (primary N) is 1. The molecule has 1 aromatic carbocycles. The molecule has 0 saturated heterocycles. The van der Waals surface area contributed by atoms with Gasteiger partial charge in [-0.05, 0) is 23.8 Å². The Morgan fingerprint density at radius 1 is 1.30 bits per heavy atom. The van der Waals surface area contributed by atoms with Crippen LogP contribution in [0, 0.1) is 0 Å². The topological polar surface area (TPSA) is 77.2 Å². The van der Waals surface area contributed by atoms with Gasteiger partial charge in [0.25, 0.3) is 0 Å². The highest BCUT2D eigenvalue weighted by Crippen LogP contribution is 2.13. The van der Waals surface area contributed by atoms with Crippen LogP contribution in [0.1, 0.15) is 21.5 Å². The zero-order valence-electron chi connectivity index (χ0n) is 11.3. The number of pyridine rings is 1. The number of ether oxygens (including phenoxy) is 1. The van der Waals surface area contributed by atoms with Gasteiger partial charge in [-0.3, -0.25) is 4.79 Å². The Kier molecular flexibility index (Phi) is 4.68. The van der Waals surface area contributed by atoms with Crippen molar-refractivity contribution < 1.29 is 9.53 Å². The number of carbonyl (C=O) groups excluding carboxylic acids is 1. The van der Waals surface area contributed by atoms with Crippen LogP contribution < -0.4 is 15.8 Å². The minimum Gasteiger partial charge on any atom is -0.481 e. The van der Waals surface area contributed by atoms with Crippen molar-refractivity contribution in [1.29, 1.82) is 0 Å². The molecule has 5 heteroatoms. The molecule has 0 radical (unpaired) electrons. The maximum atomic E-state index is 11.1. The standard InChI is InChI=1S/C15H17N3O2/c1-20-15-13(6-3-7-18-15)10-17-9-11-4-2-5-12(8-11)14(16)19/h2-8,17H,9-10H2,1H3,(H2,16,19). The predicted octanol–water partition coefficient (Wildman–Crippen LogP) is 1.48. The van der Waals surface area contributed by atoms with E-state index in [1.165, 1.54) is 0 Å². The van der Waals surface area contributed by atoms with Crippen molar-refractivity contribution in [1.82, 2.24) is 10.3 Å². The highest BCUT2D eigenvalue weighted by molar-refractivity contribution is 5.92. The average molecular weight is 271 g/mol. The first-order valence-electron chi connectivity index (χ1n) is 6.28. The van der Waals surface area contributed by atoms with Crippen LogP contribution in [0.2, 0.25) is 0 Å². The molecule has 0 fully saturated rings. The number of hydrogen-bond donors (Lipinski definition) is 2. The van der Waals surface area contributed by atoms with Gasteiger partial charge in [0, 0.05) is 30.4 Å². The quantitative estimate of drug-likeness (QED) is 0.834. The molecule has 3 N–H and O–H groups in total. The Morgan fingerprint density at radius 3 is 2.90 bits per heavy atom. The molecule has 0 atom stereocenters. The maximum absolute atomic E-state index is 11.1. The molecule has 1 aromatic heterocycles. The van der Waals surface area contributed by atoms with Crippen LogP contribution in [0.3, 0.4) is 0 Å². The summed E-state index contributed by atoms with van der Waals surface area (Å²) in [4.78, 5) is 15.2. The van der Waals surface area contributed by atoms with Crippen molar-refractivity contribution in [2.24, 2.45) is 5.73 Å². The van der Waals surface area contributed by atoms with Crippen LogP contribution in [-0.2, 0) is 13.1 Å². The molecule has 20 heavy (non-hydrogen) atoms. The van der Waals surface area contributed by atoms with Gasteiger partial charge in [0.05, 0.1) is 7.11 Å². The largest absolute Gasteiger partial charge is 0.481 e. The van der Waals surface area contributed by atoms with Gasteiger partial charge < -0.3 is 15.8 Å². The molecule has 0 spiro atoms. The van der Waals surface area contributed by atoms with Crippen LogP contribution in [0.15, 0.2) is 42.6 Å². The van der Waals surface area contributed by atoms with Crippen LogP contribution in [0.4, 0.5) is 0 Å². The molecule has 0 aliphatic rings. The lowest BCUT2D eigenvalue weighted by molar-refractivity contribution is 0.1000. The minimum absolute atomic E-state index is 0.416. The summed E-state index contributed by atoms with van der Waals surface area (Å²) in [5.74, 6) is 0.201. The fraction of sp³-hybridized carbons (Fsp3) is 0.200. The summed E-state index contributed by atoms with van der Waals surface area (Å²) in [6, 6.07) is 11.1. The second kappa shape index (κ2) is 6.68. The number of nitrogens with one attached hydrogen (secondary N) is 1. The van der Waals surface area contributed by atoms with Gasteiger partial charge >= 0.3 is 0 Å². The zero-order chi connectivity index (χ0) is 14.4. The maximum Gasteiger partial charge on any atom is 0.248 e. The van der Waals surface area contributed by atoms with Crippen molar-refractivity contribution in [3.63, 3.8) is 0 Å². The first kappa shape index (κ1) is 14.0. The molecule has 0 bridgehead atoms. The molecular weight excluding hydrogens is 254 g/mol. The molecule has 0 aliphatic carbocycles. The van der Waals surface area contributed by atoms with E-state index < -0.39 is 5.91 Å². The third-order valence-electron chi connectivity index (χ3n) is 2.90. The van der Waals surface area contributed by atoms with Crippen molar-refractivity contribution in [2.75, 3.05) is 7.11 Å². The van der Waals surface area contributed by atoms with Crippen molar-refractivity contribution in [2.45, 2.75) is 13.1 Å². The summed E-state index contributed by atoms with van der Waals surface area (Å²) in [6.07, 6.45) is 1.69. The first-order chi connectivity index (χ1) is 9.70. The summed E-state index contributed by atoms with van der Waals surface area (Å²) in [6.45, 7) is 1.27. The fourth-order valence-electron chi connectivity index (χ4n) is 1.92. The van der Waals surface area contributed by atoms with E-state index >= 15 is 0 Å². The molecule has 2 rings (SSSR count). The molecule has 5 nitrogen and oxygen atoms in total. The molecule has 1 amide bonds. The van der Waals surface area contributed by atoms with Gasteiger partial charge in [0.15, 0.2) is 0 Å². The molecule has 0 saturated carbocycles. The number of rotatable bonds is 6. The number of benzene rings is 1. The normalized spacial score (nSPS) is 10.2. The molecule has 2 aromatic rings. The Labute approximate surface area is 117 Å². The second-order valence-electron chi connectivity index (χ2n) is 4.34. The van der Waals surface area contributed by atoms with Crippen molar-refractivity contribution in [3.8, 4) is 5.88 Å². The highest BCUT2D eigenvalue weighted by Gasteiger charge is 2.04. The fourth-order valence-corrected chi connectivity index (χ4v) is 1.92. The Morgan fingerprint density at radius 2 is 2.15 bits per heavy atom. The number of hydrogen-bond acceptors (Lipinski definition) is 4. The Bertz CT molecular complexity index is 599. The predicted molar refractivity (Wildman–Crippen MR) is 76.3 cm³/mol. The highest BCUT2D eigenvalue weighted by atomic mass is 16.5. The number of amides is 1. The summed E-state index contributed by atoms with van der Waals surface area (Å²) in [7, 11) is 1.60. The number of methoxy groups -OCH3 is 1. The van der Waals surface area contributed by atoms with E-state index in [2.05, 4.69) is 10.3 Å². The van der Waals surface area contributed by atoms with Crippen molar-refractivity contribution in [3.05, 3.63) is 59.3 Å². The second-order valence-corrected chi connectivity index (χ2v) is 4.34. The Hall–Kier alpha value is -2.40. The monoisotopic (exact) mass is 271 g/mol. The number of carbonyl (C=O) groups is 1. The van der Waals surface area contributed by atoms with Crippen LogP contribution in [0.25, 0.3) is 0 Å². The van der Waals surface area contributed by atoms with Gasteiger partial charge in [0.1, 0.15) is 0 Å². The minimum atomic E-state index is -0.416. The van der Waals surface area contributed by atoms with Gasteiger partial charge in [-0.25, -0.2) is 4.98 Å². The van der Waals surface area contributed by atoms with Gasteiger partial charge in [-0.1, -0.05) is 18.2 Å². The number of aromatic nitrogens is 1. The number of primary amides is 1. The summed E-state index contributed by atoms with van der Waals surface area (Å²) in [5.41, 5.74) is 7.76. The van der Waals surface area contributed by atoms with Crippen molar-refractivity contribution >= 4 is 5.91 Å². The van der Waals surface area contributed by atoms with Gasteiger partial charge in [0.2, 0.25) is 11.8 Å². The molecular formula is C15H17N3O2. The average Bonchev–Trinajstić information content (AvgIpc) is 2.48. The third-order valence-corrected chi connectivity index (χ3v) is 2.90. The first-order valence-corrected chi connectivity index (χ1v) is 6.28. The van der Waals surface area contributed by atoms with E-state index in [4.69, 9.17) is 10.5 Å². The van der Waals surface area contributed by atoms with Crippen LogP contribution in [-0.4, -0.2) is 18.0 Å². The zero-order valence-corrected chi connectivity index (χ0v) is 11.3. The van der Waals surface area contributed by atoms with Crippen LogP contribution >= 0.6 is 0 Å². The Balaban J connectivity index is 1.96. The smallest absolute Gasteiger partial charge is 0.248 e. The van der Waals surface area contributed by atoms with E-state index in [-0.39, 0.29) is 0 Å². The molecule has 1 heterocycles. The lowest BCUT2D eigenvalue weighted by Gasteiger charge is -2.09. The number of nitrogens with zero attached hydrogens (tertiary/aromatic N) is 1. The van der Waals surface area contributed by atoms with Crippen LogP contribution in [0.5, 0.6) is 5.88 Å². The molecule has 104 valence electrons. The van der Waals surface area contributed by atoms with E-state index in [1.54, 1.807) is 25.4 Å². The third kappa shape index (κ3) is 3.55. The van der Waals surface area contributed by atoms with Gasteiger partial charge in [-0.15, -0.1) is 0 Å². The summed E-state index contributed by atoms with van der Waals surface area (Å²) in [5, 5.41) is 3.29. The van der Waals surface area contributed by atoms with E-state index in [0.29, 0.717) is 24.5 Å². The summed E-state index contributed by atoms with van der Waals surface area (Å²) < 4.78 is 5.19. The van der Waals surface area contributed by atoms with Gasteiger partial charge in [-0.2, -0.15) is 0 Å². The lowest BCUT2D eigenvalue weighted by atomic mass is 10.1. The van der Waals surface area contributed by atoms with E-state index in [0.717, 1.165) is 11.1 Å². The summed E-state index contributed by atoms with van der Waals surface area (Å²) >= 11 is 0.